The van der Waals surface area contributed by atoms with Gasteiger partial charge in [0.2, 0.25) is 0 Å². The number of aromatic nitrogens is 3. The van der Waals surface area contributed by atoms with Crippen LogP contribution in [0.3, 0.4) is 0 Å². The van der Waals surface area contributed by atoms with E-state index < -0.39 is 0 Å². The van der Waals surface area contributed by atoms with Gasteiger partial charge in [-0.05, 0) is 25.1 Å². The zero-order chi connectivity index (χ0) is 15.0. The summed E-state index contributed by atoms with van der Waals surface area (Å²) in [6.07, 6.45) is 1.78. The lowest BCUT2D eigenvalue weighted by atomic mass is 10.2. The average Bonchev–Trinajstić information content (AvgIpc) is 2.84. The second-order valence-electron chi connectivity index (χ2n) is 5.13. The van der Waals surface area contributed by atoms with Crippen LogP contribution in [0.25, 0.3) is 22.4 Å². The summed E-state index contributed by atoms with van der Waals surface area (Å²) in [5.74, 6) is 0.768. The molecule has 0 saturated carbocycles. The quantitative estimate of drug-likeness (QED) is 0.796. The molecule has 5 heteroatoms. The van der Waals surface area contributed by atoms with E-state index in [1.807, 2.05) is 34.9 Å². The molecular formula is C16H17N3O2. The zero-order valence-electron chi connectivity index (χ0n) is 12.1. The Labute approximate surface area is 122 Å². The molecule has 0 amide bonds. The van der Waals surface area contributed by atoms with E-state index in [1.165, 1.54) is 0 Å². The number of imidazole rings is 1. The van der Waals surface area contributed by atoms with Gasteiger partial charge in [0.1, 0.15) is 5.82 Å². The molecule has 108 valence electrons. The summed E-state index contributed by atoms with van der Waals surface area (Å²) < 4.78 is 3.54. The minimum absolute atomic E-state index is 0.0106. The van der Waals surface area contributed by atoms with Crippen LogP contribution in [-0.2, 0) is 13.6 Å². The summed E-state index contributed by atoms with van der Waals surface area (Å²) in [5, 5.41) is 9.32. The second kappa shape index (κ2) is 5.18. The summed E-state index contributed by atoms with van der Waals surface area (Å²) in [4.78, 5) is 16.5. The molecule has 3 rings (SSSR count). The van der Waals surface area contributed by atoms with Crippen molar-refractivity contribution in [1.29, 1.82) is 0 Å². The molecule has 0 fully saturated rings. The van der Waals surface area contributed by atoms with E-state index in [-0.39, 0.29) is 12.2 Å². The maximum absolute atomic E-state index is 11.8. The molecular weight excluding hydrogens is 266 g/mol. The molecule has 1 N–H and O–H groups in total. The van der Waals surface area contributed by atoms with Gasteiger partial charge < -0.3 is 14.2 Å². The third kappa shape index (κ3) is 2.25. The van der Waals surface area contributed by atoms with Crippen molar-refractivity contribution in [3.8, 4) is 11.4 Å². The van der Waals surface area contributed by atoms with Crippen LogP contribution in [0, 0.1) is 6.92 Å². The summed E-state index contributed by atoms with van der Waals surface area (Å²) in [5.41, 5.74) is 3.40. The number of aryl methyl sites for hydroxylation is 2. The summed E-state index contributed by atoms with van der Waals surface area (Å²) in [6, 6.07) is 9.66. The van der Waals surface area contributed by atoms with Crippen molar-refractivity contribution in [1.82, 2.24) is 14.1 Å². The van der Waals surface area contributed by atoms with Gasteiger partial charge in [-0.25, -0.2) is 4.98 Å². The Morgan fingerprint density at radius 2 is 2.05 bits per heavy atom. The number of hydrogen-bond acceptors (Lipinski definition) is 3. The number of benzene rings is 1. The molecule has 0 radical (unpaired) electrons. The highest BCUT2D eigenvalue weighted by atomic mass is 16.3. The Bertz CT molecular complexity index is 835. The van der Waals surface area contributed by atoms with Crippen LogP contribution < -0.4 is 5.56 Å². The summed E-state index contributed by atoms with van der Waals surface area (Å²) >= 11 is 0. The standard InChI is InChI=1S/C16H17N3O2/c1-11-9-12(10-18(2)16(11)21)15-17-13-5-3-4-6-14(13)19(15)7-8-20/h3-6,9-10,20H,7-8H2,1-2H3. The van der Waals surface area contributed by atoms with E-state index in [0.29, 0.717) is 12.1 Å². The predicted molar refractivity (Wildman–Crippen MR) is 82.2 cm³/mol. The molecule has 0 bridgehead atoms. The van der Waals surface area contributed by atoms with Crippen molar-refractivity contribution in [3.05, 3.63) is 52.4 Å². The van der Waals surface area contributed by atoms with E-state index in [1.54, 1.807) is 24.7 Å². The molecule has 21 heavy (non-hydrogen) atoms. The molecule has 0 spiro atoms. The SMILES string of the molecule is Cc1cc(-c2nc3ccccc3n2CCO)cn(C)c1=O. The second-order valence-corrected chi connectivity index (χ2v) is 5.13. The number of aliphatic hydroxyl groups is 1. The van der Waals surface area contributed by atoms with Gasteiger partial charge in [0.05, 0.1) is 17.6 Å². The Morgan fingerprint density at radius 3 is 2.76 bits per heavy atom. The molecule has 3 aromatic rings. The minimum Gasteiger partial charge on any atom is -0.395 e. The minimum atomic E-state index is -0.0106. The number of fused-ring (bicyclic) bond motifs is 1. The van der Waals surface area contributed by atoms with Crippen molar-refractivity contribution >= 4 is 11.0 Å². The van der Waals surface area contributed by atoms with Gasteiger partial charge in [-0.3, -0.25) is 4.79 Å². The highest BCUT2D eigenvalue weighted by Crippen LogP contribution is 2.24. The van der Waals surface area contributed by atoms with Crippen molar-refractivity contribution in [2.75, 3.05) is 6.61 Å². The monoisotopic (exact) mass is 283 g/mol. The smallest absolute Gasteiger partial charge is 0.253 e. The van der Waals surface area contributed by atoms with Crippen LogP contribution in [0.5, 0.6) is 0 Å². The number of para-hydroxylation sites is 2. The largest absolute Gasteiger partial charge is 0.395 e. The molecule has 5 nitrogen and oxygen atoms in total. The van der Waals surface area contributed by atoms with Gasteiger partial charge in [0, 0.05) is 30.9 Å². The van der Waals surface area contributed by atoms with Crippen LogP contribution in [0.15, 0.2) is 41.3 Å². The Morgan fingerprint density at radius 1 is 1.29 bits per heavy atom. The van der Waals surface area contributed by atoms with Crippen LogP contribution in [0.2, 0.25) is 0 Å². The van der Waals surface area contributed by atoms with Crippen LogP contribution >= 0.6 is 0 Å². The lowest BCUT2D eigenvalue weighted by Crippen LogP contribution is -2.19. The predicted octanol–water partition coefficient (Wildman–Crippen LogP) is 1.70. The average molecular weight is 283 g/mol. The van der Waals surface area contributed by atoms with Crippen LogP contribution in [-0.4, -0.2) is 25.8 Å². The maximum Gasteiger partial charge on any atom is 0.253 e. The van der Waals surface area contributed by atoms with Crippen molar-refractivity contribution in [2.45, 2.75) is 13.5 Å². The van der Waals surface area contributed by atoms with E-state index >= 15 is 0 Å². The molecule has 2 aromatic heterocycles. The van der Waals surface area contributed by atoms with Crippen LogP contribution in [0.1, 0.15) is 5.56 Å². The molecule has 0 aliphatic carbocycles. The van der Waals surface area contributed by atoms with E-state index in [2.05, 4.69) is 4.98 Å². The molecule has 0 unspecified atom stereocenters. The van der Waals surface area contributed by atoms with Crippen molar-refractivity contribution in [3.63, 3.8) is 0 Å². The first kappa shape index (κ1) is 13.6. The van der Waals surface area contributed by atoms with Crippen molar-refractivity contribution < 1.29 is 5.11 Å². The fourth-order valence-electron chi connectivity index (χ4n) is 2.62. The Balaban J connectivity index is 2.29. The molecule has 2 heterocycles. The van der Waals surface area contributed by atoms with Crippen LogP contribution in [0.4, 0.5) is 0 Å². The van der Waals surface area contributed by atoms with E-state index in [0.717, 1.165) is 22.4 Å². The third-order valence-electron chi connectivity index (χ3n) is 3.60. The summed E-state index contributed by atoms with van der Waals surface area (Å²) in [7, 11) is 1.73. The number of nitrogens with zero attached hydrogens (tertiary/aromatic N) is 3. The first-order valence-corrected chi connectivity index (χ1v) is 6.85. The molecule has 1 aromatic carbocycles. The van der Waals surface area contributed by atoms with Gasteiger partial charge in [-0.1, -0.05) is 12.1 Å². The first-order valence-electron chi connectivity index (χ1n) is 6.85. The van der Waals surface area contributed by atoms with Gasteiger partial charge in [0.15, 0.2) is 0 Å². The van der Waals surface area contributed by atoms with Crippen molar-refractivity contribution in [2.24, 2.45) is 7.05 Å². The normalized spacial score (nSPS) is 11.2. The molecule has 0 aliphatic rings. The summed E-state index contributed by atoms with van der Waals surface area (Å²) in [6.45, 7) is 2.31. The Kier molecular flexibility index (Phi) is 3.35. The van der Waals surface area contributed by atoms with Gasteiger partial charge in [-0.15, -0.1) is 0 Å². The fourth-order valence-corrected chi connectivity index (χ4v) is 2.62. The molecule has 0 aliphatic heterocycles. The fraction of sp³-hybridized carbons (Fsp3) is 0.250. The van der Waals surface area contributed by atoms with E-state index in [9.17, 15) is 9.90 Å². The third-order valence-corrected chi connectivity index (χ3v) is 3.60. The topological polar surface area (TPSA) is 60.0 Å². The number of rotatable bonds is 3. The number of hydrogen-bond donors (Lipinski definition) is 1. The number of pyridine rings is 1. The molecule has 0 atom stereocenters. The lowest BCUT2D eigenvalue weighted by Gasteiger charge is -2.09. The van der Waals surface area contributed by atoms with Gasteiger partial charge >= 0.3 is 0 Å². The Hall–Kier alpha value is -2.40. The van der Waals surface area contributed by atoms with E-state index in [4.69, 9.17) is 0 Å². The lowest BCUT2D eigenvalue weighted by molar-refractivity contribution is 0.278. The maximum atomic E-state index is 11.8. The number of aliphatic hydroxyl groups excluding tert-OH is 1. The van der Waals surface area contributed by atoms with Gasteiger partial charge in [0.25, 0.3) is 5.56 Å². The highest BCUT2D eigenvalue weighted by Gasteiger charge is 2.13. The highest BCUT2D eigenvalue weighted by molar-refractivity contribution is 5.80. The first-order chi connectivity index (χ1) is 10.1. The molecule has 0 saturated heterocycles. The zero-order valence-corrected chi connectivity index (χ0v) is 12.1. The van der Waals surface area contributed by atoms with Gasteiger partial charge in [-0.2, -0.15) is 0 Å².